The molecule has 5 heteroatoms. The molecule has 134 valence electrons. The molecule has 1 aromatic carbocycles. The summed E-state index contributed by atoms with van der Waals surface area (Å²) < 4.78 is 5.66. The molecule has 2 rings (SSSR count). The second-order valence-corrected chi connectivity index (χ2v) is 7.51. The molecule has 0 spiro atoms. The number of benzene rings is 1. The van der Waals surface area contributed by atoms with Gasteiger partial charge in [0.05, 0.1) is 17.8 Å². The first-order valence-electron chi connectivity index (χ1n) is 8.60. The van der Waals surface area contributed by atoms with Crippen LogP contribution < -0.4 is 0 Å². The van der Waals surface area contributed by atoms with Crippen molar-refractivity contribution in [1.82, 2.24) is 4.90 Å². The van der Waals surface area contributed by atoms with Crippen LogP contribution in [0.2, 0.25) is 0 Å². The average molecular weight is 335 g/mol. The van der Waals surface area contributed by atoms with E-state index >= 15 is 0 Å². The van der Waals surface area contributed by atoms with Crippen molar-refractivity contribution >= 4 is 5.91 Å². The Hall–Kier alpha value is -1.43. The summed E-state index contributed by atoms with van der Waals surface area (Å²) in [5, 5.41) is 19.8. The molecule has 1 aliphatic heterocycles. The predicted octanol–water partition coefficient (Wildman–Crippen LogP) is 2.00. The highest BCUT2D eigenvalue weighted by atomic mass is 16.5. The van der Waals surface area contributed by atoms with Crippen LogP contribution in [-0.4, -0.2) is 58.0 Å². The fourth-order valence-electron chi connectivity index (χ4n) is 2.85. The van der Waals surface area contributed by atoms with E-state index in [0.29, 0.717) is 25.1 Å². The van der Waals surface area contributed by atoms with Gasteiger partial charge in [-0.05, 0) is 58.2 Å². The fraction of sp³-hybridized carbons (Fsp3) is 0.632. The van der Waals surface area contributed by atoms with E-state index in [-0.39, 0.29) is 18.1 Å². The molecule has 0 aliphatic carbocycles. The fourth-order valence-corrected chi connectivity index (χ4v) is 2.85. The van der Waals surface area contributed by atoms with E-state index in [4.69, 9.17) is 4.74 Å². The van der Waals surface area contributed by atoms with Gasteiger partial charge in [-0.3, -0.25) is 4.79 Å². The second kappa shape index (κ2) is 7.64. The van der Waals surface area contributed by atoms with E-state index in [0.717, 1.165) is 12.0 Å². The van der Waals surface area contributed by atoms with Gasteiger partial charge in [-0.25, -0.2) is 0 Å². The van der Waals surface area contributed by atoms with Crippen LogP contribution in [0.5, 0.6) is 0 Å². The number of carbonyl (C=O) groups is 1. The zero-order chi connectivity index (χ0) is 17.9. The van der Waals surface area contributed by atoms with Crippen molar-refractivity contribution in [3.05, 3.63) is 35.4 Å². The van der Waals surface area contributed by atoms with Gasteiger partial charge in [0, 0.05) is 18.7 Å². The SMILES string of the molecule is CC(C)O[C@H]1CN(C(=O)c2ccc(CCC(C)(C)O)cc2)C[C@@H]1O. The van der Waals surface area contributed by atoms with Crippen LogP contribution >= 0.6 is 0 Å². The first-order valence-corrected chi connectivity index (χ1v) is 8.60. The van der Waals surface area contributed by atoms with E-state index in [1.165, 1.54) is 0 Å². The monoisotopic (exact) mass is 335 g/mol. The smallest absolute Gasteiger partial charge is 0.254 e. The van der Waals surface area contributed by atoms with Gasteiger partial charge < -0.3 is 19.8 Å². The Morgan fingerprint density at radius 3 is 2.46 bits per heavy atom. The molecule has 24 heavy (non-hydrogen) atoms. The molecule has 0 radical (unpaired) electrons. The Balaban J connectivity index is 1.95. The number of hydrogen-bond acceptors (Lipinski definition) is 4. The van der Waals surface area contributed by atoms with Gasteiger partial charge in [0.25, 0.3) is 5.91 Å². The summed E-state index contributed by atoms with van der Waals surface area (Å²) in [5.41, 5.74) is 1.02. The number of aliphatic hydroxyl groups excluding tert-OH is 1. The first kappa shape index (κ1) is 18.9. The Bertz CT molecular complexity index is 547. The largest absolute Gasteiger partial charge is 0.390 e. The number of ether oxygens (including phenoxy) is 1. The summed E-state index contributed by atoms with van der Waals surface area (Å²) in [6, 6.07) is 7.47. The van der Waals surface area contributed by atoms with Gasteiger partial charge >= 0.3 is 0 Å². The molecule has 1 saturated heterocycles. The third kappa shape index (κ3) is 5.30. The van der Waals surface area contributed by atoms with E-state index in [1.54, 1.807) is 18.7 Å². The minimum absolute atomic E-state index is 0.0229. The molecule has 0 bridgehead atoms. The summed E-state index contributed by atoms with van der Waals surface area (Å²) in [4.78, 5) is 14.2. The second-order valence-electron chi connectivity index (χ2n) is 7.51. The highest BCUT2D eigenvalue weighted by Gasteiger charge is 2.35. The van der Waals surface area contributed by atoms with Crippen molar-refractivity contribution in [2.45, 2.75) is 64.4 Å². The van der Waals surface area contributed by atoms with Gasteiger partial charge in [-0.15, -0.1) is 0 Å². The number of likely N-dealkylation sites (tertiary alicyclic amines) is 1. The number of nitrogens with zero attached hydrogens (tertiary/aromatic N) is 1. The lowest BCUT2D eigenvalue weighted by Crippen LogP contribution is -2.31. The molecule has 0 saturated carbocycles. The van der Waals surface area contributed by atoms with Crippen LogP contribution in [0.1, 0.15) is 50.0 Å². The zero-order valence-electron chi connectivity index (χ0n) is 15.0. The number of aryl methyl sites for hydroxylation is 1. The molecular formula is C19H29NO4. The molecule has 1 fully saturated rings. The normalized spacial score (nSPS) is 21.5. The van der Waals surface area contributed by atoms with Crippen molar-refractivity contribution in [2.24, 2.45) is 0 Å². The molecule has 1 aromatic rings. The quantitative estimate of drug-likeness (QED) is 0.834. The van der Waals surface area contributed by atoms with Crippen LogP contribution in [0.3, 0.4) is 0 Å². The Morgan fingerprint density at radius 2 is 1.92 bits per heavy atom. The molecule has 1 aliphatic rings. The minimum Gasteiger partial charge on any atom is -0.390 e. The number of hydrogen-bond donors (Lipinski definition) is 2. The van der Waals surface area contributed by atoms with Gasteiger partial charge in [-0.1, -0.05) is 12.1 Å². The van der Waals surface area contributed by atoms with Crippen molar-refractivity contribution in [3.63, 3.8) is 0 Å². The van der Waals surface area contributed by atoms with E-state index in [9.17, 15) is 15.0 Å². The third-order valence-corrected chi connectivity index (χ3v) is 4.20. The molecule has 1 amide bonds. The van der Waals surface area contributed by atoms with E-state index in [2.05, 4.69) is 0 Å². The lowest BCUT2D eigenvalue weighted by atomic mass is 9.98. The van der Waals surface area contributed by atoms with Gasteiger partial charge in [0.2, 0.25) is 0 Å². The summed E-state index contributed by atoms with van der Waals surface area (Å²) in [5.74, 6) is -0.0852. The van der Waals surface area contributed by atoms with Crippen LogP contribution in [0, 0.1) is 0 Å². The Kier molecular flexibility index (Phi) is 6.01. The maximum atomic E-state index is 12.6. The Labute approximate surface area is 144 Å². The van der Waals surface area contributed by atoms with Crippen molar-refractivity contribution in [2.75, 3.05) is 13.1 Å². The third-order valence-electron chi connectivity index (χ3n) is 4.20. The lowest BCUT2D eigenvalue weighted by molar-refractivity contribution is -0.0394. The maximum absolute atomic E-state index is 12.6. The van der Waals surface area contributed by atoms with Crippen LogP contribution in [-0.2, 0) is 11.2 Å². The van der Waals surface area contributed by atoms with Gasteiger partial charge in [0.15, 0.2) is 0 Å². The highest BCUT2D eigenvalue weighted by Crippen LogP contribution is 2.19. The number of carbonyl (C=O) groups excluding carboxylic acids is 1. The number of aliphatic hydroxyl groups is 2. The topological polar surface area (TPSA) is 70.0 Å². The van der Waals surface area contributed by atoms with Gasteiger partial charge in [-0.2, -0.15) is 0 Å². The molecule has 0 unspecified atom stereocenters. The van der Waals surface area contributed by atoms with Crippen molar-refractivity contribution in [3.8, 4) is 0 Å². The average Bonchev–Trinajstić information content (AvgIpc) is 2.84. The summed E-state index contributed by atoms with van der Waals surface area (Å²) in [7, 11) is 0. The molecule has 0 aromatic heterocycles. The van der Waals surface area contributed by atoms with Crippen molar-refractivity contribution in [1.29, 1.82) is 0 Å². The number of β-amino-alcohol motifs (C(OH)–C–C–N with tert-alkyl or cyclic N) is 1. The minimum atomic E-state index is -0.689. The van der Waals surface area contributed by atoms with E-state index < -0.39 is 11.7 Å². The standard InChI is InChI=1S/C19H29NO4/c1-13(2)24-17-12-20(11-16(17)21)18(22)15-7-5-14(6-8-15)9-10-19(3,4)23/h5-8,13,16-17,21,23H,9-12H2,1-4H3/t16-,17-/m0/s1. The summed E-state index contributed by atoms with van der Waals surface area (Å²) in [6.07, 6.45) is 0.509. The lowest BCUT2D eigenvalue weighted by Gasteiger charge is -2.18. The number of amides is 1. The molecule has 1 heterocycles. The molecule has 5 nitrogen and oxygen atoms in total. The Morgan fingerprint density at radius 1 is 1.29 bits per heavy atom. The van der Waals surface area contributed by atoms with Gasteiger partial charge in [0.1, 0.15) is 6.10 Å². The summed E-state index contributed by atoms with van der Waals surface area (Å²) in [6.45, 7) is 8.14. The maximum Gasteiger partial charge on any atom is 0.254 e. The molecular weight excluding hydrogens is 306 g/mol. The van der Waals surface area contributed by atoms with Crippen LogP contribution in [0.15, 0.2) is 24.3 Å². The molecule has 2 N–H and O–H groups in total. The zero-order valence-corrected chi connectivity index (χ0v) is 15.0. The van der Waals surface area contributed by atoms with Crippen molar-refractivity contribution < 1.29 is 19.7 Å². The van der Waals surface area contributed by atoms with E-state index in [1.807, 2.05) is 38.1 Å². The number of rotatable bonds is 6. The highest BCUT2D eigenvalue weighted by molar-refractivity contribution is 5.94. The first-order chi connectivity index (χ1) is 11.2. The van der Waals surface area contributed by atoms with Crippen LogP contribution in [0.25, 0.3) is 0 Å². The molecule has 2 atom stereocenters. The van der Waals surface area contributed by atoms with Crippen LogP contribution in [0.4, 0.5) is 0 Å². The summed E-state index contributed by atoms with van der Waals surface area (Å²) >= 11 is 0. The predicted molar refractivity (Wildman–Crippen MR) is 93.0 cm³/mol.